The molecular weight excluding hydrogens is 184 g/mol. The van der Waals surface area contributed by atoms with E-state index in [1.807, 2.05) is 6.92 Å². The molecule has 1 rings (SSSR count). The molecule has 0 aromatic rings. The maximum absolute atomic E-state index is 5.68. The van der Waals surface area contributed by atoms with Gasteiger partial charge in [-0.05, 0) is 26.1 Å². The van der Waals surface area contributed by atoms with Gasteiger partial charge in [-0.25, -0.2) is 0 Å². The van der Waals surface area contributed by atoms with Crippen molar-refractivity contribution in [3.63, 3.8) is 0 Å². The highest BCUT2D eigenvalue weighted by molar-refractivity contribution is 6.71. The molecule has 1 aliphatic heterocycles. The molecule has 13 heavy (non-hydrogen) atoms. The molecule has 0 saturated carbocycles. The molecule has 0 aromatic heterocycles. The topological polar surface area (TPSA) is 31.0 Å². The molecule has 1 fully saturated rings. The van der Waals surface area contributed by atoms with Crippen LogP contribution in [0, 0.1) is 0 Å². The van der Waals surface area contributed by atoms with Crippen LogP contribution in [0.5, 0.6) is 0 Å². The molecule has 0 spiro atoms. The summed E-state index contributed by atoms with van der Waals surface area (Å²) in [5.74, 6) is 0. The van der Waals surface area contributed by atoms with Crippen LogP contribution in [0.15, 0.2) is 0 Å². The maximum Gasteiger partial charge on any atom is 0.188 e. The Balaban J connectivity index is 1.95. The van der Waals surface area contributed by atoms with Crippen molar-refractivity contribution in [2.75, 3.05) is 26.4 Å². The van der Waals surface area contributed by atoms with Crippen LogP contribution in [0.4, 0.5) is 0 Å². The number of hydrogen-bond donors (Lipinski definition) is 0. The van der Waals surface area contributed by atoms with Gasteiger partial charge in [-0.2, -0.15) is 0 Å². The van der Waals surface area contributed by atoms with E-state index in [2.05, 4.69) is 13.1 Å². The number of epoxide rings is 1. The molecule has 0 bridgehead atoms. The monoisotopic (exact) mass is 204 g/mol. The minimum Gasteiger partial charge on any atom is -0.418 e. The van der Waals surface area contributed by atoms with Crippen LogP contribution in [-0.4, -0.2) is 40.8 Å². The Hall–Kier alpha value is 0.0969. The molecule has 0 aliphatic carbocycles. The van der Waals surface area contributed by atoms with Gasteiger partial charge in [-0.3, -0.25) is 0 Å². The zero-order valence-corrected chi connectivity index (χ0v) is 9.84. The summed E-state index contributed by atoms with van der Waals surface area (Å²) < 4.78 is 16.2. The molecular formula is C9H20O3Si. The summed E-state index contributed by atoms with van der Waals surface area (Å²) in [4.78, 5) is 0. The van der Waals surface area contributed by atoms with Gasteiger partial charge in [-0.1, -0.05) is 0 Å². The molecule has 4 heteroatoms. The van der Waals surface area contributed by atoms with Crippen LogP contribution < -0.4 is 0 Å². The lowest BCUT2D eigenvalue weighted by Gasteiger charge is -2.21. The van der Waals surface area contributed by atoms with Crippen molar-refractivity contribution in [1.82, 2.24) is 0 Å². The summed E-state index contributed by atoms with van der Waals surface area (Å²) in [5, 5.41) is 0. The summed E-state index contributed by atoms with van der Waals surface area (Å²) >= 11 is 0. The number of hydrogen-bond acceptors (Lipinski definition) is 3. The Morgan fingerprint density at radius 3 is 2.69 bits per heavy atom. The lowest BCUT2D eigenvalue weighted by molar-refractivity contribution is 0.124. The predicted molar refractivity (Wildman–Crippen MR) is 54.5 cm³/mol. The van der Waals surface area contributed by atoms with Crippen molar-refractivity contribution in [2.45, 2.75) is 32.2 Å². The van der Waals surface area contributed by atoms with Crippen LogP contribution in [-0.2, 0) is 13.9 Å². The van der Waals surface area contributed by atoms with Gasteiger partial charge in [0.2, 0.25) is 0 Å². The Morgan fingerprint density at radius 2 is 2.15 bits per heavy atom. The normalized spacial score (nSPS) is 21.9. The fourth-order valence-corrected chi connectivity index (χ4v) is 2.72. The van der Waals surface area contributed by atoms with Gasteiger partial charge in [0.1, 0.15) is 6.10 Å². The standard InChI is InChI=1S/C9H20O3Si/c1-4-12-13(2,3)6-5-10-7-9-8-11-9/h9H,4-8H2,1-3H3. The second-order valence-electron chi connectivity index (χ2n) is 3.97. The summed E-state index contributed by atoms with van der Waals surface area (Å²) in [6.45, 7) is 9.79. The second kappa shape index (κ2) is 5.10. The average molecular weight is 204 g/mol. The molecule has 0 radical (unpaired) electrons. The summed E-state index contributed by atoms with van der Waals surface area (Å²) in [5.41, 5.74) is 0. The maximum atomic E-state index is 5.68. The van der Waals surface area contributed by atoms with Crippen molar-refractivity contribution in [1.29, 1.82) is 0 Å². The molecule has 0 amide bonds. The van der Waals surface area contributed by atoms with Crippen molar-refractivity contribution in [3.8, 4) is 0 Å². The lowest BCUT2D eigenvalue weighted by Crippen LogP contribution is -2.31. The summed E-state index contributed by atoms with van der Waals surface area (Å²) in [6.07, 6.45) is 0.386. The molecule has 1 aliphatic rings. The minimum atomic E-state index is -1.42. The fourth-order valence-electron chi connectivity index (χ4n) is 1.16. The first-order valence-electron chi connectivity index (χ1n) is 4.97. The van der Waals surface area contributed by atoms with Gasteiger partial charge < -0.3 is 13.9 Å². The van der Waals surface area contributed by atoms with Gasteiger partial charge in [0.25, 0.3) is 0 Å². The van der Waals surface area contributed by atoms with Gasteiger partial charge in [0.15, 0.2) is 8.32 Å². The Kier molecular flexibility index (Phi) is 4.38. The van der Waals surface area contributed by atoms with E-state index in [-0.39, 0.29) is 0 Å². The third kappa shape index (κ3) is 5.41. The fraction of sp³-hybridized carbons (Fsp3) is 1.00. The van der Waals surface area contributed by atoms with E-state index in [9.17, 15) is 0 Å². The first-order valence-corrected chi connectivity index (χ1v) is 8.09. The zero-order valence-electron chi connectivity index (χ0n) is 8.84. The summed E-state index contributed by atoms with van der Waals surface area (Å²) in [7, 11) is -1.42. The highest BCUT2D eigenvalue weighted by Crippen LogP contribution is 2.12. The van der Waals surface area contributed by atoms with Crippen molar-refractivity contribution >= 4 is 8.32 Å². The van der Waals surface area contributed by atoms with Gasteiger partial charge in [-0.15, -0.1) is 0 Å². The molecule has 1 atom stereocenters. The molecule has 78 valence electrons. The Labute approximate surface area is 81.5 Å². The second-order valence-corrected chi connectivity index (χ2v) is 8.28. The third-order valence-corrected chi connectivity index (χ3v) is 4.57. The summed E-state index contributed by atoms with van der Waals surface area (Å²) in [6, 6.07) is 1.08. The molecule has 1 unspecified atom stereocenters. The van der Waals surface area contributed by atoms with Crippen molar-refractivity contribution < 1.29 is 13.9 Å². The van der Waals surface area contributed by atoms with Gasteiger partial charge in [0, 0.05) is 13.2 Å². The minimum absolute atomic E-state index is 0.386. The number of rotatable bonds is 7. The van der Waals surface area contributed by atoms with Crippen LogP contribution in [0.25, 0.3) is 0 Å². The largest absolute Gasteiger partial charge is 0.418 e. The number of ether oxygens (including phenoxy) is 2. The Morgan fingerprint density at radius 1 is 1.46 bits per heavy atom. The van der Waals surface area contributed by atoms with Crippen molar-refractivity contribution in [2.24, 2.45) is 0 Å². The van der Waals surface area contributed by atoms with E-state index < -0.39 is 8.32 Å². The van der Waals surface area contributed by atoms with Crippen molar-refractivity contribution in [3.05, 3.63) is 0 Å². The molecule has 1 saturated heterocycles. The van der Waals surface area contributed by atoms with Crippen LogP contribution in [0.3, 0.4) is 0 Å². The van der Waals surface area contributed by atoms with Crippen LogP contribution in [0.2, 0.25) is 19.1 Å². The first-order chi connectivity index (χ1) is 6.14. The van der Waals surface area contributed by atoms with E-state index in [1.54, 1.807) is 0 Å². The molecule has 0 aromatic carbocycles. The highest BCUT2D eigenvalue weighted by Gasteiger charge is 2.24. The Bertz CT molecular complexity index is 146. The van der Waals surface area contributed by atoms with E-state index in [0.29, 0.717) is 6.10 Å². The smallest absolute Gasteiger partial charge is 0.188 e. The average Bonchev–Trinajstić information content (AvgIpc) is 2.81. The van der Waals surface area contributed by atoms with Gasteiger partial charge in [0.05, 0.1) is 13.2 Å². The van der Waals surface area contributed by atoms with E-state index in [4.69, 9.17) is 13.9 Å². The lowest BCUT2D eigenvalue weighted by atomic mass is 10.5. The molecule has 0 N–H and O–H groups in total. The molecule has 1 heterocycles. The van der Waals surface area contributed by atoms with E-state index in [1.165, 1.54) is 0 Å². The van der Waals surface area contributed by atoms with Crippen LogP contribution in [0.1, 0.15) is 6.92 Å². The van der Waals surface area contributed by atoms with Crippen LogP contribution >= 0.6 is 0 Å². The molecule has 3 nitrogen and oxygen atoms in total. The predicted octanol–water partition coefficient (Wildman–Crippen LogP) is 1.64. The quantitative estimate of drug-likeness (QED) is 0.359. The van der Waals surface area contributed by atoms with E-state index >= 15 is 0 Å². The zero-order chi connectivity index (χ0) is 9.73. The highest BCUT2D eigenvalue weighted by atomic mass is 28.4. The van der Waals surface area contributed by atoms with E-state index in [0.717, 1.165) is 32.5 Å². The first kappa shape index (κ1) is 11.2. The third-order valence-electron chi connectivity index (χ3n) is 2.09. The van der Waals surface area contributed by atoms with Gasteiger partial charge >= 0.3 is 0 Å². The SMILES string of the molecule is CCO[Si](C)(C)CCOCC1CO1.